The average Bonchev–Trinajstić information content (AvgIpc) is 3.55. The monoisotopic (exact) mass is 486 g/mol. The van der Waals surface area contributed by atoms with Gasteiger partial charge >= 0.3 is 0 Å². The fourth-order valence-corrected chi connectivity index (χ4v) is 5.13. The van der Waals surface area contributed by atoms with Gasteiger partial charge in [-0.1, -0.05) is 17.3 Å². The Morgan fingerprint density at radius 1 is 1.09 bits per heavy atom. The maximum absolute atomic E-state index is 13.1. The van der Waals surface area contributed by atoms with E-state index in [2.05, 4.69) is 20.4 Å². The van der Waals surface area contributed by atoms with Gasteiger partial charge in [0, 0.05) is 25.2 Å². The number of nitrogens with zero attached hydrogens (tertiary/aromatic N) is 3. The molecule has 0 atom stereocenters. The number of benzene rings is 1. The smallest absolute Gasteiger partial charge is 0.279 e. The molecule has 1 aromatic heterocycles. The first-order valence-electron chi connectivity index (χ1n) is 11.7. The summed E-state index contributed by atoms with van der Waals surface area (Å²) in [5, 5.41) is 6.90. The summed E-state index contributed by atoms with van der Waals surface area (Å²) in [6, 6.07) is 6.11. The molecule has 1 aromatic carbocycles. The maximum atomic E-state index is 13.1. The second-order valence-corrected chi connectivity index (χ2v) is 10.8. The summed E-state index contributed by atoms with van der Waals surface area (Å²) >= 11 is 0. The lowest BCUT2D eigenvalue weighted by molar-refractivity contribution is -0.110. The number of rotatable bonds is 11. The molecule has 10 heteroatoms. The number of carbonyl (C=O) groups excluding carboxylic acids is 1. The molecule has 4 rings (SSSR count). The topological polar surface area (TPSA) is 120 Å². The van der Waals surface area contributed by atoms with Gasteiger partial charge in [-0.05, 0) is 57.1 Å². The fraction of sp³-hybridized carbons (Fsp3) is 0.500. The zero-order valence-electron chi connectivity index (χ0n) is 19.3. The van der Waals surface area contributed by atoms with Crippen molar-refractivity contribution in [3.63, 3.8) is 0 Å². The molecule has 2 saturated carbocycles. The van der Waals surface area contributed by atoms with Gasteiger partial charge in [-0.3, -0.25) is 9.78 Å². The third-order valence-electron chi connectivity index (χ3n) is 5.97. The highest BCUT2D eigenvalue weighted by molar-refractivity contribution is 7.91. The van der Waals surface area contributed by atoms with E-state index < -0.39 is 15.7 Å². The molecule has 2 aliphatic carbocycles. The minimum absolute atomic E-state index is 0.0120. The van der Waals surface area contributed by atoms with Gasteiger partial charge in [-0.15, -0.1) is 0 Å². The largest absolute Gasteiger partial charge is 0.392 e. The SMILES string of the molecule is COCCCS(=O)(=O)c1ccc(C(=NOC2CCCC2)C(=O)Nc2cnc(C3CC3)cn2)cc1. The van der Waals surface area contributed by atoms with Crippen LogP contribution in [0.2, 0.25) is 0 Å². The predicted molar refractivity (Wildman–Crippen MR) is 128 cm³/mol. The number of carbonyl (C=O) groups is 1. The predicted octanol–water partition coefficient (Wildman–Crippen LogP) is 3.47. The molecular formula is C24H30N4O5S. The molecular weight excluding hydrogens is 456 g/mol. The van der Waals surface area contributed by atoms with Gasteiger partial charge in [0.15, 0.2) is 21.4 Å². The van der Waals surface area contributed by atoms with Gasteiger partial charge in [-0.25, -0.2) is 13.4 Å². The molecule has 182 valence electrons. The first kappa shape index (κ1) is 24.3. The number of amides is 1. The molecule has 0 unspecified atom stereocenters. The van der Waals surface area contributed by atoms with Gasteiger partial charge < -0.3 is 14.9 Å². The fourth-order valence-electron chi connectivity index (χ4n) is 3.85. The molecule has 1 heterocycles. The zero-order chi connectivity index (χ0) is 24.0. The van der Waals surface area contributed by atoms with Gasteiger partial charge in [0.2, 0.25) is 0 Å². The number of aromatic nitrogens is 2. The lowest BCUT2D eigenvalue weighted by atomic mass is 10.1. The van der Waals surface area contributed by atoms with Crippen molar-refractivity contribution in [2.24, 2.45) is 5.16 Å². The minimum atomic E-state index is -3.45. The number of nitrogens with one attached hydrogen (secondary N) is 1. The highest BCUT2D eigenvalue weighted by Crippen LogP contribution is 2.38. The molecule has 2 aliphatic rings. The molecule has 0 aliphatic heterocycles. The van der Waals surface area contributed by atoms with Crippen molar-refractivity contribution in [3.05, 3.63) is 47.9 Å². The molecule has 0 saturated heterocycles. The number of ether oxygens (including phenoxy) is 1. The Morgan fingerprint density at radius 3 is 2.44 bits per heavy atom. The Morgan fingerprint density at radius 2 is 1.82 bits per heavy atom. The minimum Gasteiger partial charge on any atom is -0.392 e. The van der Waals surface area contributed by atoms with Crippen LogP contribution < -0.4 is 5.32 Å². The van der Waals surface area contributed by atoms with Gasteiger partial charge in [0.05, 0.1) is 28.7 Å². The van der Waals surface area contributed by atoms with Gasteiger partial charge in [-0.2, -0.15) is 0 Å². The van der Waals surface area contributed by atoms with Crippen molar-refractivity contribution < 1.29 is 22.8 Å². The standard InChI is InChI=1S/C24H30N4O5S/c1-32-13-4-14-34(30,31)20-11-9-18(10-12-20)23(28-33-19-5-2-3-6-19)24(29)27-22-16-25-21(15-26-22)17-7-8-17/h9-12,15-17,19H,2-8,13-14H2,1H3,(H,26,27,29). The number of hydrogen-bond acceptors (Lipinski definition) is 8. The lowest BCUT2D eigenvalue weighted by Crippen LogP contribution is -2.25. The highest BCUT2D eigenvalue weighted by atomic mass is 32.2. The molecule has 2 aromatic rings. The van der Waals surface area contributed by atoms with Crippen LogP contribution in [0.4, 0.5) is 5.82 Å². The van der Waals surface area contributed by atoms with E-state index in [-0.39, 0.29) is 22.5 Å². The Kier molecular flexibility index (Phi) is 7.89. The first-order chi connectivity index (χ1) is 16.5. The lowest BCUT2D eigenvalue weighted by Gasteiger charge is -2.12. The molecule has 1 N–H and O–H groups in total. The number of methoxy groups -OCH3 is 1. The Bertz CT molecular complexity index is 1110. The first-order valence-corrected chi connectivity index (χ1v) is 13.3. The molecule has 1 amide bonds. The number of oxime groups is 1. The van der Waals surface area contributed by atoms with E-state index in [9.17, 15) is 13.2 Å². The van der Waals surface area contributed by atoms with Crippen LogP contribution in [0.25, 0.3) is 0 Å². The quantitative estimate of drug-likeness (QED) is 0.293. The van der Waals surface area contributed by atoms with E-state index in [1.54, 1.807) is 18.3 Å². The summed E-state index contributed by atoms with van der Waals surface area (Å²) in [6.07, 6.45) is 9.77. The normalized spacial score (nSPS) is 17.0. The highest BCUT2D eigenvalue weighted by Gasteiger charge is 2.26. The summed E-state index contributed by atoms with van der Waals surface area (Å²) in [7, 11) is -1.91. The van der Waals surface area contributed by atoms with E-state index in [4.69, 9.17) is 9.57 Å². The van der Waals surface area contributed by atoms with Crippen LogP contribution >= 0.6 is 0 Å². The van der Waals surface area contributed by atoms with E-state index in [1.807, 2.05) is 0 Å². The van der Waals surface area contributed by atoms with E-state index >= 15 is 0 Å². The molecule has 9 nitrogen and oxygen atoms in total. The summed E-state index contributed by atoms with van der Waals surface area (Å²) < 4.78 is 30.0. The summed E-state index contributed by atoms with van der Waals surface area (Å²) in [5.41, 5.74) is 1.44. The van der Waals surface area contributed by atoms with Crippen molar-refractivity contribution in [1.29, 1.82) is 0 Å². The van der Waals surface area contributed by atoms with E-state index in [0.29, 0.717) is 30.3 Å². The Balaban J connectivity index is 1.51. The van der Waals surface area contributed by atoms with Crippen molar-refractivity contribution >= 4 is 27.3 Å². The van der Waals surface area contributed by atoms with Crippen LogP contribution in [0.15, 0.2) is 46.7 Å². The van der Waals surface area contributed by atoms with Crippen LogP contribution in [-0.4, -0.2) is 55.6 Å². The molecule has 0 bridgehead atoms. The van der Waals surface area contributed by atoms with Crippen molar-refractivity contribution in [2.45, 2.75) is 61.9 Å². The van der Waals surface area contributed by atoms with Crippen LogP contribution in [0, 0.1) is 0 Å². The second-order valence-electron chi connectivity index (χ2n) is 8.70. The molecule has 0 spiro atoms. The number of anilines is 1. The average molecular weight is 487 g/mol. The Hall–Kier alpha value is -2.85. The van der Waals surface area contributed by atoms with Crippen molar-refractivity contribution in [1.82, 2.24) is 9.97 Å². The van der Waals surface area contributed by atoms with Crippen LogP contribution in [0.3, 0.4) is 0 Å². The summed E-state index contributed by atoms with van der Waals surface area (Å²) in [5.74, 6) is 0.281. The van der Waals surface area contributed by atoms with E-state index in [1.165, 1.54) is 25.4 Å². The third kappa shape index (κ3) is 6.38. The van der Waals surface area contributed by atoms with Crippen LogP contribution in [0.1, 0.15) is 62.1 Å². The van der Waals surface area contributed by atoms with E-state index in [0.717, 1.165) is 44.2 Å². The van der Waals surface area contributed by atoms with Crippen molar-refractivity contribution in [2.75, 3.05) is 24.8 Å². The molecule has 2 fully saturated rings. The zero-order valence-corrected chi connectivity index (χ0v) is 20.1. The Labute approximate surface area is 199 Å². The molecule has 34 heavy (non-hydrogen) atoms. The summed E-state index contributed by atoms with van der Waals surface area (Å²) in [6.45, 7) is 0.372. The maximum Gasteiger partial charge on any atom is 0.279 e. The van der Waals surface area contributed by atoms with Crippen LogP contribution in [-0.2, 0) is 24.2 Å². The number of sulfone groups is 1. The molecule has 0 radical (unpaired) electrons. The second kappa shape index (κ2) is 11.1. The van der Waals surface area contributed by atoms with Gasteiger partial charge in [0.1, 0.15) is 6.10 Å². The third-order valence-corrected chi connectivity index (χ3v) is 7.78. The van der Waals surface area contributed by atoms with Crippen molar-refractivity contribution in [3.8, 4) is 0 Å². The number of hydrogen-bond donors (Lipinski definition) is 1. The summed E-state index contributed by atoms with van der Waals surface area (Å²) in [4.78, 5) is 27.6. The van der Waals surface area contributed by atoms with Gasteiger partial charge in [0.25, 0.3) is 5.91 Å². The van der Waals surface area contributed by atoms with Crippen LogP contribution in [0.5, 0.6) is 0 Å².